The van der Waals surface area contributed by atoms with Crippen LogP contribution in [0.3, 0.4) is 0 Å². The molecule has 2 N–H and O–H groups in total. The molecule has 0 fully saturated rings. The normalized spacial score (nSPS) is 15.8. The van der Waals surface area contributed by atoms with Gasteiger partial charge < -0.3 is 14.7 Å². The molecule has 0 aliphatic heterocycles. The summed E-state index contributed by atoms with van der Waals surface area (Å²) in [5.74, 6) is -1.58. The fraction of sp³-hybridized carbons (Fsp3) is 0.800. The third-order valence-electron chi connectivity index (χ3n) is 2.02. The summed E-state index contributed by atoms with van der Waals surface area (Å²) in [6.07, 6.45) is -0.390. The maximum atomic E-state index is 11.5. The molecule has 88 valence electrons. The molecule has 0 aromatic heterocycles. The van der Waals surface area contributed by atoms with E-state index < -0.39 is 23.8 Å². The minimum absolute atomic E-state index is 0.103. The van der Waals surface area contributed by atoms with Crippen molar-refractivity contribution in [1.82, 2.24) is 0 Å². The summed E-state index contributed by atoms with van der Waals surface area (Å²) in [6, 6.07) is 0. The Balaban J connectivity index is 4.86. The van der Waals surface area contributed by atoms with Crippen LogP contribution in [0, 0.1) is 0 Å². The predicted molar refractivity (Wildman–Crippen MR) is 55.4 cm³/mol. The van der Waals surface area contributed by atoms with E-state index in [1.807, 2.05) is 0 Å². The Hall–Kier alpha value is -0.940. The van der Waals surface area contributed by atoms with E-state index in [-0.39, 0.29) is 13.0 Å². The van der Waals surface area contributed by atoms with Crippen LogP contribution in [-0.4, -0.2) is 59.7 Å². The quantitative estimate of drug-likeness (QED) is 0.609. The monoisotopic (exact) mass is 218 g/mol. The smallest absolute Gasteiger partial charge is 0.306 e. The summed E-state index contributed by atoms with van der Waals surface area (Å²) in [7, 11) is 5.40. The number of hydrogen-bond acceptors (Lipinski definition) is 3. The lowest BCUT2D eigenvalue weighted by Gasteiger charge is -2.33. The Morgan fingerprint density at radius 2 is 1.73 bits per heavy atom. The maximum Gasteiger partial charge on any atom is 0.306 e. The molecule has 1 atom stereocenters. The molecule has 0 spiro atoms. The highest BCUT2D eigenvalue weighted by Crippen LogP contribution is 2.17. The molecular formula is C10H20NO4+. The Labute approximate surface area is 89.9 Å². The van der Waals surface area contributed by atoms with Gasteiger partial charge in [0.25, 0.3) is 0 Å². The zero-order chi connectivity index (χ0) is 12.3. The first-order chi connectivity index (χ1) is 6.60. The number of likely N-dealkylation sites (N-methyl/N-ethyl adjacent to an activating group) is 1. The van der Waals surface area contributed by atoms with Gasteiger partial charge in [0.15, 0.2) is 11.4 Å². The molecule has 0 aromatic carbocycles. The number of aliphatic carboxylic acids is 1. The van der Waals surface area contributed by atoms with Gasteiger partial charge in [-0.15, -0.1) is 0 Å². The summed E-state index contributed by atoms with van der Waals surface area (Å²) in [5.41, 5.74) is -1.75. The molecule has 1 unspecified atom stereocenters. The van der Waals surface area contributed by atoms with Gasteiger partial charge in [-0.2, -0.15) is 0 Å². The largest absolute Gasteiger partial charge is 0.481 e. The number of quaternary nitrogens is 1. The van der Waals surface area contributed by atoms with Gasteiger partial charge in [-0.25, -0.2) is 0 Å². The average molecular weight is 218 g/mol. The van der Waals surface area contributed by atoms with E-state index in [0.717, 1.165) is 0 Å². The summed E-state index contributed by atoms with van der Waals surface area (Å²) >= 11 is 0. The minimum Gasteiger partial charge on any atom is -0.481 e. The second-order valence-electron chi connectivity index (χ2n) is 4.83. The molecule has 0 aliphatic carbocycles. The third kappa shape index (κ3) is 4.90. The molecule has 0 aromatic rings. The highest BCUT2D eigenvalue weighted by molar-refractivity contribution is 5.90. The number of ketones is 1. The SMILES string of the molecule is CCC(=O)C(O)(CC(=O)O)C[N+](C)(C)C. The second-order valence-corrected chi connectivity index (χ2v) is 4.83. The molecule has 5 nitrogen and oxygen atoms in total. The number of carbonyl (C=O) groups excluding carboxylic acids is 1. The average Bonchev–Trinajstić information content (AvgIpc) is 1.97. The Morgan fingerprint density at radius 1 is 1.27 bits per heavy atom. The first-order valence-corrected chi connectivity index (χ1v) is 4.88. The molecule has 0 rings (SSSR count). The molecule has 0 heterocycles. The highest BCUT2D eigenvalue weighted by Gasteiger charge is 2.41. The number of Topliss-reactive ketones (excluding diaryl/α,β-unsaturated/α-hetero) is 1. The fourth-order valence-electron chi connectivity index (χ4n) is 1.61. The van der Waals surface area contributed by atoms with E-state index in [1.165, 1.54) is 0 Å². The van der Waals surface area contributed by atoms with Crippen LogP contribution in [0.1, 0.15) is 19.8 Å². The summed E-state index contributed by atoms with van der Waals surface area (Å²) < 4.78 is 0.343. The number of nitrogens with zero attached hydrogens (tertiary/aromatic N) is 1. The topological polar surface area (TPSA) is 74.6 Å². The van der Waals surface area contributed by atoms with Crippen molar-refractivity contribution in [3.8, 4) is 0 Å². The van der Waals surface area contributed by atoms with Crippen molar-refractivity contribution in [3.63, 3.8) is 0 Å². The van der Waals surface area contributed by atoms with Crippen LogP contribution in [0.2, 0.25) is 0 Å². The number of carboxylic acid groups (broad SMARTS) is 1. The Morgan fingerprint density at radius 3 is 2.00 bits per heavy atom. The first-order valence-electron chi connectivity index (χ1n) is 4.88. The van der Waals surface area contributed by atoms with Crippen molar-refractivity contribution >= 4 is 11.8 Å². The van der Waals surface area contributed by atoms with Crippen molar-refractivity contribution < 1.29 is 24.3 Å². The molecule has 0 saturated heterocycles. The van der Waals surface area contributed by atoms with Gasteiger partial charge in [-0.1, -0.05) is 6.92 Å². The lowest BCUT2D eigenvalue weighted by molar-refractivity contribution is -0.875. The van der Waals surface area contributed by atoms with Crippen LogP contribution in [0.25, 0.3) is 0 Å². The lowest BCUT2D eigenvalue weighted by atomic mass is 9.91. The number of carboxylic acids is 1. The van der Waals surface area contributed by atoms with Gasteiger partial charge in [0.2, 0.25) is 0 Å². The van der Waals surface area contributed by atoms with E-state index in [2.05, 4.69) is 0 Å². The van der Waals surface area contributed by atoms with E-state index in [0.29, 0.717) is 4.48 Å². The van der Waals surface area contributed by atoms with Crippen molar-refractivity contribution in [3.05, 3.63) is 0 Å². The summed E-state index contributed by atoms with van der Waals surface area (Å²) in [6.45, 7) is 1.72. The van der Waals surface area contributed by atoms with E-state index in [9.17, 15) is 14.7 Å². The van der Waals surface area contributed by atoms with Crippen molar-refractivity contribution in [2.24, 2.45) is 0 Å². The Kier molecular flexibility index (Phi) is 4.42. The molecule has 0 amide bonds. The third-order valence-corrected chi connectivity index (χ3v) is 2.02. The molecule has 0 aliphatic rings. The standard InChI is InChI=1S/C10H19NO4/c1-5-8(12)10(15,6-9(13)14)7-11(2,3)4/h15H,5-7H2,1-4H3/p+1. The van der Waals surface area contributed by atoms with Gasteiger partial charge >= 0.3 is 5.97 Å². The number of aliphatic hydroxyl groups is 1. The lowest BCUT2D eigenvalue weighted by Crippen LogP contribution is -2.54. The molecule has 0 bridgehead atoms. The molecule has 15 heavy (non-hydrogen) atoms. The fourth-order valence-corrected chi connectivity index (χ4v) is 1.61. The van der Waals surface area contributed by atoms with Crippen molar-refractivity contribution in [2.75, 3.05) is 27.7 Å². The van der Waals surface area contributed by atoms with Crippen LogP contribution in [0.15, 0.2) is 0 Å². The van der Waals surface area contributed by atoms with Gasteiger partial charge in [0.05, 0.1) is 27.6 Å². The molecule has 5 heteroatoms. The Bertz CT molecular complexity index is 257. The van der Waals surface area contributed by atoms with Crippen LogP contribution >= 0.6 is 0 Å². The molecule has 0 saturated carbocycles. The van der Waals surface area contributed by atoms with Gasteiger partial charge in [0.1, 0.15) is 6.54 Å². The summed E-state index contributed by atoms with van der Waals surface area (Å²) in [4.78, 5) is 22.1. The van der Waals surface area contributed by atoms with Crippen molar-refractivity contribution in [2.45, 2.75) is 25.4 Å². The highest BCUT2D eigenvalue weighted by atomic mass is 16.4. The molecule has 0 radical (unpaired) electrons. The predicted octanol–water partition coefficient (Wildman–Crippen LogP) is -0.122. The molecular weight excluding hydrogens is 198 g/mol. The van der Waals surface area contributed by atoms with Gasteiger partial charge in [-0.3, -0.25) is 9.59 Å². The maximum absolute atomic E-state index is 11.5. The zero-order valence-corrected chi connectivity index (χ0v) is 9.78. The van der Waals surface area contributed by atoms with Crippen molar-refractivity contribution in [1.29, 1.82) is 0 Å². The van der Waals surface area contributed by atoms with Crippen LogP contribution in [0.5, 0.6) is 0 Å². The van der Waals surface area contributed by atoms with Gasteiger partial charge in [0, 0.05) is 6.42 Å². The number of rotatable bonds is 6. The van der Waals surface area contributed by atoms with Gasteiger partial charge in [-0.05, 0) is 0 Å². The zero-order valence-electron chi connectivity index (χ0n) is 9.78. The summed E-state index contributed by atoms with van der Waals surface area (Å²) in [5, 5.41) is 18.7. The number of carbonyl (C=O) groups is 2. The first kappa shape index (κ1) is 14.1. The minimum atomic E-state index is -1.75. The van der Waals surface area contributed by atoms with E-state index in [4.69, 9.17) is 5.11 Å². The van der Waals surface area contributed by atoms with Crippen LogP contribution < -0.4 is 0 Å². The van der Waals surface area contributed by atoms with Crippen LogP contribution in [0.4, 0.5) is 0 Å². The van der Waals surface area contributed by atoms with E-state index >= 15 is 0 Å². The number of hydrogen-bond donors (Lipinski definition) is 2. The van der Waals surface area contributed by atoms with E-state index in [1.54, 1.807) is 28.1 Å². The second kappa shape index (κ2) is 4.72. The van der Waals surface area contributed by atoms with Crippen LogP contribution in [-0.2, 0) is 9.59 Å².